The first kappa shape index (κ1) is 17.2. The van der Waals surface area contributed by atoms with E-state index in [1.165, 1.54) is 0 Å². The van der Waals surface area contributed by atoms with Crippen molar-refractivity contribution in [3.05, 3.63) is 23.8 Å². The zero-order valence-corrected chi connectivity index (χ0v) is 14.4. The first-order valence-electron chi connectivity index (χ1n) is 7.73. The van der Waals surface area contributed by atoms with Gasteiger partial charge in [0, 0.05) is 19.8 Å². The number of carbonyl (C=O) groups is 1. The van der Waals surface area contributed by atoms with Crippen LogP contribution in [0.2, 0.25) is 0 Å². The second kappa shape index (κ2) is 6.54. The van der Waals surface area contributed by atoms with Gasteiger partial charge in [0.15, 0.2) is 5.69 Å². The SMILES string of the molecule is Cc1oc(-c2cnn(C)c2)nc1C(=O)NC(C)(CN)CC(C)C. The van der Waals surface area contributed by atoms with Crippen LogP contribution in [0, 0.1) is 12.8 Å². The van der Waals surface area contributed by atoms with E-state index in [0.717, 1.165) is 12.0 Å². The average Bonchev–Trinajstić information content (AvgIpc) is 3.03. The highest BCUT2D eigenvalue weighted by atomic mass is 16.4. The van der Waals surface area contributed by atoms with E-state index < -0.39 is 5.54 Å². The normalized spacial score (nSPS) is 14.0. The topological polar surface area (TPSA) is 99.0 Å². The standard InChI is InChI=1S/C16H25N5O2/c1-10(2)6-16(4,9-17)20-14(22)13-11(3)23-15(19-13)12-7-18-21(5)8-12/h7-8,10H,6,9,17H2,1-5H3,(H,20,22). The molecule has 0 fully saturated rings. The molecule has 0 aliphatic carbocycles. The maximum atomic E-state index is 12.6. The van der Waals surface area contributed by atoms with Gasteiger partial charge in [-0.15, -0.1) is 0 Å². The van der Waals surface area contributed by atoms with Crippen molar-refractivity contribution >= 4 is 5.91 Å². The Balaban J connectivity index is 2.21. The number of carbonyl (C=O) groups excluding carboxylic acids is 1. The first-order chi connectivity index (χ1) is 10.7. The van der Waals surface area contributed by atoms with E-state index in [2.05, 4.69) is 29.2 Å². The number of aromatic nitrogens is 3. The van der Waals surface area contributed by atoms with Gasteiger partial charge in [0.25, 0.3) is 5.91 Å². The number of nitrogens with one attached hydrogen (secondary N) is 1. The molecule has 0 aliphatic heterocycles. The van der Waals surface area contributed by atoms with Crippen molar-refractivity contribution in [1.82, 2.24) is 20.1 Å². The summed E-state index contributed by atoms with van der Waals surface area (Å²) in [7, 11) is 1.81. The fourth-order valence-electron chi connectivity index (χ4n) is 2.68. The number of oxazole rings is 1. The summed E-state index contributed by atoms with van der Waals surface area (Å²) < 4.78 is 7.26. The second-order valence-corrected chi connectivity index (χ2v) is 6.64. The van der Waals surface area contributed by atoms with Crippen LogP contribution in [0.15, 0.2) is 16.8 Å². The summed E-state index contributed by atoms with van der Waals surface area (Å²) in [5.41, 5.74) is 6.40. The number of hydrogen-bond acceptors (Lipinski definition) is 5. The molecule has 2 heterocycles. The zero-order valence-electron chi connectivity index (χ0n) is 14.4. The van der Waals surface area contributed by atoms with E-state index >= 15 is 0 Å². The molecule has 0 radical (unpaired) electrons. The predicted octanol–water partition coefficient (Wildman–Crippen LogP) is 1.88. The zero-order chi connectivity index (χ0) is 17.2. The van der Waals surface area contributed by atoms with Crippen molar-refractivity contribution in [2.45, 2.75) is 39.7 Å². The lowest BCUT2D eigenvalue weighted by Gasteiger charge is -2.30. The Morgan fingerprint density at radius 2 is 2.22 bits per heavy atom. The molecule has 2 aromatic rings. The highest BCUT2D eigenvalue weighted by Gasteiger charge is 2.29. The maximum Gasteiger partial charge on any atom is 0.274 e. The molecule has 0 aromatic carbocycles. The van der Waals surface area contributed by atoms with E-state index in [1.54, 1.807) is 24.0 Å². The minimum absolute atomic E-state index is 0.269. The largest absolute Gasteiger partial charge is 0.440 e. The molecule has 1 amide bonds. The van der Waals surface area contributed by atoms with E-state index in [9.17, 15) is 4.79 Å². The molecule has 0 spiro atoms. The third kappa shape index (κ3) is 3.98. The molecule has 3 N–H and O–H groups in total. The van der Waals surface area contributed by atoms with E-state index in [0.29, 0.717) is 24.1 Å². The molecule has 7 heteroatoms. The lowest BCUT2D eigenvalue weighted by atomic mass is 9.90. The summed E-state index contributed by atoms with van der Waals surface area (Å²) in [6.07, 6.45) is 4.23. The minimum Gasteiger partial charge on any atom is -0.440 e. The molecular formula is C16H25N5O2. The molecule has 0 saturated heterocycles. The van der Waals surface area contributed by atoms with Crippen molar-refractivity contribution < 1.29 is 9.21 Å². The third-order valence-corrected chi connectivity index (χ3v) is 3.69. The van der Waals surface area contributed by atoms with Crippen LogP contribution in [0.5, 0.6) is 0 Å². The van der Waals surface area contributed by atoms with Gasteiger partial charge >= 0.3 is 0 Å². The fraction of sp³-hybridized carbons (Fsp3) is 0.562. The van der Waals surface area contributed by atoms with Crippen LogP contribution in [0.4, 0.5) is 0 Å². The summed E-state index contributed by atoms with van der Waals surface area (Å²) in [5.74, 6) is 1.02. The van der Waals surface area contributed by atoms with Crippen LogP contribution in [-0.4, -0.2) is 32.8 Å². The second-order valence-electron chi connectivity index (χ2n) is 6.64. The van der Waals surface area contributed by atoms with Crippen molar-refractivity contribution in [2.75, 3.05) is 6.54 Å². The lowest BCUT2D eigenvalue weighted by Crippen LogP contribution is -2.52. The lowest BCUT2D eigenvalue weighted by molar-refractivity contribution is 0.0892. The van der Waals surface area contributed by atoms with E-state index in [4.69, 9.17) is 10.2 Å². The van der Waals surface area contributed by atoms with Crippen LogP contribution >= 0.6 is 0 Å². The summed E-state index contributed by atoms with van der Waals surface area (Å²) in [5, 5.41) is 7.08. The Morgan fingerprint density at radius 3 is 2.74 bits per heavy atom. The minimum atomic E-state index is -0.467. The number of hydrogen-bond donors (Lipinski definition) is 2. The molecule has 0 bridgehead atoms. The molecule has 2 aromatic heterocycles. The van der Waals surface area contributed by atoms with Gasteiger partial charge in [0.2, 0.25) is 5.89 Å². The molecular weight excluding hydrogens is 294 g/mol. The van der Waals surface area contributed by atoms with E-state index in [-0.39, 0.29) is 11.6 Å². The number of aryl methyl sites for hydroxylation is 2. The van der Waals surface area contributed by atoms with Crippen LogP contribution in [0.3, 0.4) is 0 Å². The Kier molecular flexibility index (Phi) is 4.89. The number of nitrogens with zero attached hydrogens (tertiary/aromatic N) is 3. The quantitative estimate of drug-likeness (QED) is 0.847. The fourth-order valence-corrected chi connectivity index (χ4v) is 2.68. The molecule has 23 heavy (non-hydrogen) atoms. The van der Waals surface area contributed by atoms with Gasteiger partial charge in [-0.25, -0.2) is 4.98 Å². The van der Waals surface area contributed by atoms with Crippen LogP contribution in [-0.2, 0) is 7.05 Å². The smallest absolute Gasteiger partial charge is 0.274 e. The van der Waals surface area contributed by atoms with Crippen LogP contribution in [0.25, 0.3) is 11.5 Å². The van der Waals surface area contributed by atoms with E-state index in [1.807, 2.05) is 14.0 Å². The molecule has 0 aliphatic rings. The highest BCUT2D eigenvalue weighted by molar-refractivity contribution is 5.94. The first-order valence-corrected chi connectivity index (χ1v) is 7.73. The van der Waals surface area contributed by atoms with Crippen LogP contribution in [0.1, 0.15) is 43.4 Å². The Hall–Kier alpha value is -2.15. The van der Waals surface area contributed by atoms with Gasteiger partial charge in [0.1, 0.15) is 5.76 Å². The van der Waals surface area contributed by atoms with Gasteiger partial charge in [-0.3, -0.25) is 9.48 Å². The highest BCUT2D eigenvalue weighted by Crippen LogP contribution is 2.22. The predicted molar refractivity (Wildman–Crippen MR) is 87.8 cm³/mol. The van der Waals surface area contributed by atoms with Crippen molar-refractivity contribution in [1.29, 1.82) is 0 Å². The number of nitrogens with two attached hydrogens (primary N) is 1. The molecule has 1 atom stereocenters. The van der Waals surface area contributed by atoms with Crippen molar-refractivity contribution in [2.24, 2.45) is 18.7 Å². The Bertz CT molecular complexity index is 688. The monoisotopic (exact) mass is 319 g/mol. The van der Waals surface area contributed by atoms with Gasteiger partial charge in [-0.05, 0) is 26.2 Å². The summed E-state index contributed by atoms with van der Waals surface area (Å²) in [6.45, 7) is 8.24. The van der Waals surface area contributed by atoms with Crippen molar-refractivity contribution in [3.63, 3.8) is 0 Å². The van der Waals surface area contributed by atoms with Gasteiger partial charge in [-0.2, -0.15) is 5.10 Å². The Labute approximate surface area is 136 Å². The van der Waals surface area contributed by atoms with Gasteiger partial charge in [-0.1, -0.05) is 13.8 Å². The number of amides is 1. The third-order valence-electron chi connectivity index (χ3n) is 3.69. The molecule has 126 valence electrons. The Morgan fingerprint density at radius 1 is 1.52 bits per heavy atom. The van der Waals surface area contributed by atoms with Gasteiger partial charge in [0.05, 0.1) is 17.3 Å². The molecule has 1 unspecified atom stereocenters. The van der Waals surface area contributed by atoms with Crippen LogP contribution < -0.4 is 11.1 Å². The summed E-state index contributed by atoms with van der Waals surface area (Å²) in [6, 6.07) is 0. The average molecular weight is 319 g/mol. The van der Waals surface area contributed by atoms with Gasteiger partial charge < -0.3 is 15.5 Å². The van der Waals surface area contributed by atoms with Crippen molar-refractivity contribution in [3.8, 4) is 11.5 Å². The molecule has 2 rings (SSSR count). The summed E-state index contributed by atoms with van der Waals surface area (Å²) >= 11 is 0. The molecule has 0 saturated carbocycles. The number of rotatable bonds is 6. The maximum absolute atomic E-state index is 12.6. The molecule has 7 nitrogen and oxygen atoms in total. The summed E-state index contributed by atoms with van der Waals surface area (Å²) in [4.78, 5) is 16.9.